The van der Waals surface area contributed by atoms with Crippen molar-refractivity contribution in [2.45, 2.75) is 231 Å². The molecule has 0 heterocycles. The summed E-state index contributed by atoms with van der Waals surface area (Å²) in [5.74, 6) is 17.6. The summed E-state index contributed by atoms with van der Waals surface area (Å²) in [6, 6.07) is 2.75. The molecule has 0 aromatic rings. The van der Waals surface area contributed by atoms with E-state index in [2.05, 4.69) is 18.7 Å². The Kier molecular flexibility index (Phi) is 10.4. The van der Waals surface area contributed by atoms with Gasteiger partial charge in [-0.1, -0.05) is 104 Å². The zero-order valence-corrected chi connectivity index (χ0v) is 35.8. The van der Waals surface area contributed by atoms with Crippen molar-refractivity contribution < 1.29 is 0 Å². The molecule has 15 atom stereocenters. The molecule has 0 aromatic carbocycles. The van der Waals surface area contributed by atoms with Crippen LogP contribution in [0.1, 0.15) is 213 Å². The molecule has 1 nitrogen and oxygen atoms in total. The van der Waals surface area contributed by atoms with Crippen LogP contribution in [-0.4, -0.2) is 23.0 Å². The van der Waals surface area contributed by atoms with E-state index in [0.29, 0.717) is 5.41 Å². The van der Waals surface area contributed by atoms with E-state index in [9.17, 15) is 0 Å². The molecule has 1 heteroatoms. The van der Waals surface area contributed by atoms with Crippen molar-refractivity contribution in [3.63, 3.8) is 0 Å². The number of fused-ring (bicyclic) bond motifs is 9. The molecule has 0 N–H and O–H groups in total. The van der Waals surface area contributed by atoms with E-state index in [1.54, 1.807) is 167 Å². The SMILES string of the molecule is CC1(C)C2CCCCC2C2CCC(N(C3CCC(C4CCCCC4)CC3)C3CCC4C(CC5C6CCCCC6CC(C6CC7CCCCC7C6)C45)C3)CC21. The van der Waals surface area contributed by atoms with E-state index in [1.165, 1.54) is 32.1 Å². The molecule has 0 amide bonds. The highest BCUT2D eigenvalue weighted by Crippen LogP contribution is 2.67. The van der Waals surface area contributed by atoms with E-state index >= 15 is 0 Å². The largest absolute Gasteiger partial charge is 0.294 e. The van der Waals surface area contributed by atoms with E-state index in [1.807, 2.05) is 0 Å². The minimum atomic E-state index is 0.584. The second kappa shape index (κ2) is 15.2. The van der Waals surface area contributed by atoms with Gasteiger partial charge in [0.1, 0.15) is 0 Å². The zero-order chi connectivity index (χ0) is 36.0. The van der Waals surface area contributed by atoms with Gasteiger partial charge in [-0.15, -0.1) is 0 Å². The van der Waals surface area contributed by atoms with Gasteiger partial charge in [0.05, 0.1) is 0 Å². The third-order valence-electron chi connectivity index (χ3n) is 22.5. The first-order valence-corrected chi connectivity index (χ1v) is 26.3. The molecule has 0 aromatic heterocycles. The number of nitrogens with zero attached hydrogens (tertiary/aromatic N) is 1. The van der Waals surface area contributed by atoms with E-state index in [-0.39, 0.29) is 0 Å². The molecule has 11 rings (SSSR count). The number of hydrogen-bond donors (Lipinski definition) is 0. The van der Waals surface area contributed by atoms with Crippen LogP contribution in [0.5, 0.6) is 0 Å². The Bertz CT molecular complexity index is 1260. The van der Waals surface area contributed by atoms with Crippen LogP contribution in [-0.2, 0) is 0 Å². The van der Waals surface area contributed by atoms with Gasteiger partial charge in [-0.3, -0.25) is 4.90 Å². The van der Waals surface area contributed by atoms with Crippen molar-refractivity contribution in [2.75, 3.05) is 0 Å². The van der Waals surface area contributed by atoms with Crippen molar-refractivity contribution in [1.82, 2.24) is 4.90 Å². The lowest BCUT2D eigenvalue weighted by molar-refractivity contribution is -0.0416. The van der Waals surface area contributed by atoms with Crippen molar-refractivity contribution in [1.29, 1.82) is 0 Å². The molecule has 0 saturated heterocycles. The van der Waals surface area contributed by atoms with Gasteiger partial charge < -0.3 is 0 Å². The minimum absolute atomic E-state index is 0.584. The maximum absolute atomic E-state index is 3.46. The topological polar surface area (TPSA) is 3.24 Å². The molecule has 0 aliphatic heterocycles. The first-order valence-electron chi connectivity index (χ1n) is 26.3. The van der Waals surface area contributed by atoms with Crippen LogP contribution >= 0.6 is 0 Å². The van der Waals surface area contributed by atoms with Gasteiger partial charge in [0.15, 0.2) is 0 Å². The molecular weight excluding hydrogens is 651 g/mol. The lowest BCUT2D eigenvalue weighted by atomic mass is 9.54. The van der Waals surface area contributed by atoms with Crippen LogP contribution in [0.3, 0.4) is 0 Å². The van der Waals surface area contributed by atoms with Gasteiger partial charge in [0, 0.05) is 18.1 Å². The number of hydrogen-bond acceptors (Lipinski definition) is 1. The highest BCUT2D eigenvalue weighted by atomic mass is 15.2. The maximum atomic E-state index is 3.46. The zero-order valence-electron chi connectivity index (χ0n) is 35.8. The predicted molar refractivity (Wildman–Crippen MR) is 226 cm³/mol. The minimum Gasteiger partial charge on any atom is -0.294 e. The Labute approximate surface area is 334 Å². The molecule has 11 saturated carbocycles. The summed E-state index contributed by atoms with van der Waals surface area (Å²) >= 11 is 0. The second-order valence-electron chi connectivity index (χ2n) is 24.5. The van der Waals surface area contributed by atoms with Crippen LogP contribution in [0.25, 0.3) is 0 Å². The summed E-state index contributed by atoms with van der Waals surface area (Å²) in [5, 5.41) is 0. The van der Waals surface area contributed by atoms with Crippen LogP contribution in [0, 0.1) is 100 Å². The summed E-state index contributed by atoms with van der Waals surface area (Å²) in [6.45, 7) is 5.56. The van der Waals surface area contributed by atoms with Gasteiger partial charge in [0.2, 0.25) is 0 Å². The fourth-order valence-electron chi connectivity index (χ4n) is 20.5. The predicted octanol–water partition coefficient (Wildman–Crippen LogP) is 14.5. The standard InChI is InChI=1S/C53H87N/c1-53(2)50-19-11-10-18-46(50)47-27-25-43(33-51(47)53)54(41-22-20-35(21-23-41)34-12-4-3-5-13-34)42-24-26-45-40(30-42)32-49-44-17-9-8-16-38(44)31-48(52(45)49)39-28-36-14-6-7-15-37(36)29-39/h34-52H,3-33H2,1-2H3. The molecule has 11 aliphatic rings. The van der Waals surface area contributed by atoms with Gasteiger partial charge in [-0.25, -0.2) is 0 Å². The first kappa shape index (κ1) is 37.0. The van der Waals surface area contributed by atoms with Crippen molar-refractivity contribution in [3.8, 4) is 0 Å². The Balaban J connectivity index is 0.847. The maximum Gasteiger partial charge on any atom is 0.0104 e. The number of rotatable bonds is 5. The molecule has 11 aliphatic carbocycles. The van der Waals surface area contributed by atoms with E-state index in [0.717, 1.165) is 113 Å². The van der Waals surface area contributed by atoms with E-state index < -0.39 is 0 Å². The molecular formula is C53H87N. The van der Waals surface area contributed by atoms with E-state index in [4.69, 9.17) is 0 Å². The monoisotopic (exact) mass is 738 g/mol. The molecule has 54 heavy (non-hydrogen) atoms. The summed E-state index contributed by atoms with van der Waals surface area (Å²) in [7, 11) is 0. The Morgan fingerprint density at radius 3 is 1.57 bits per heavy atom. The van der Waals surface area contributed by atoms with Gasteiger partial charge in [0.25, 0.3) is 0 Å². The highest BCUT2D eigenvalue weighted by molar-refractivity contribution is 5.10. The Morgan fingerprint density at radius 2 is 0.815 bits per heavy atom. The molecule has 304 valence electrons. The van der Waals surface area contributed by atoms with Gasteiger partial charge in [-0.05, 0) is 209 Å². The van der Waals surface area contributed by atoms with Crippen LogP contribution in [0.4, 0.5) is 0 Å². The van der Waals surface area contributed by atoms with Crippen molar-refractivity contribution >= 4 is 0 Å². The normalized spacial score (nSPS) is 53.2. The van der Waals surface area contributed by atoms with Crippen molar-refractivity contribution in [3.05, 3.63) is 0 Å². The molecule has 0 spiro atoms. The van der Waals surface area contributed by atoms with Gasteiger partial charge >= 0.3 is 0 Å². The average molecular weight is 738 g/mol. The first-order chi connectivity index (χ1) is 26.5. The Morgan fingerprint density at radius 1 is 0.296 bits per heavy atom. The smallest absolute Gasteiger partial charge is 0.0104 e. The second-order valence-corrected chi connectivity index (χ2v) is 24.5. The fourth-order valence-corrected chi connectivity index (χ4v) is 20.5. The molecule has 0 bridgehead atoms. The highest BCUT2D eigenvalue weighted by Gasteiger charge is 2.60. The van der Waals surface area contributed by atoms with Crippen LogP contribution < -0.4 is 0 Å². The lowest BCUT2D eigenvalue weighted by Crippen LogP contribution is -2.55. The lowest BCUT2D eigenvalue weighted by Gasteiger charge is -2.53. The fraction of sp³-hybridized carbons (Fsp3) is 1.00. The van der Waals surface area contributed by atoms with Crippen LogP contribution in [0.2, 0.25) is 0 Å². The molecule has 11 fully saturated rings. The average Bonchev–Trinajstić information content (AvgIpc) is 3.89. The molecule has 0 radical (unpaired) electrons. The summed E-state index contributed by atoms with van der Waals surface area (Å²) in [5.41, 5.74) is 0.584. The third-order valence-corrected chi connectivity index (χ3v) is 22.5. The van der Waals surface area contributed by atoms with Crippen molar-refractivity contribution in [2.24, 2.45) is 100 Å². The van der Waals surface area contributed by atoms with Crippen LogP contribution in [0.15, 0.2) is 0 Å². The Hall–Kier alpha value is -0.0400. The molecule has 15 unspecified atom stereocenters. The summed E-state index contributed by atoms with van der Waals surface area (Å²) < 4.78 is 0. The third kappa shape index (κ3) is 6.42. The summed E-state index contributed by atoms with van der Waals surface area (Å²) in [6.07, 6.45) is 49.2. The van der Waals surface area contributed by atoms with Gasteiger partial charge in [-0.2, -0.15) is 0 Å². The summed E-state index contributed by atoms with van der Waals surface area (Å²) in [4.78, 5) is 3.46. The quantitative estimate of drug-likeness (QED) is 0.272.